The van der Waals surface area contributed by atoms with Crippen LogP contribution in [0.4, 0.5) is 0 Å². The van der Waals surface area contributed by atoms with Crippen molar-refractivity contribution in [3.8, 4) is 11.5 Å². The van der Waals surface area contributed by atoms with Crippen molar-refractivity contribution < 1.29 is 14.3 Å². The van der Waals surface area contributed by atoms with Gasteiger partial charge in [-0.3, -0.25) is 9.48 Å². The van der Waals surface area contributed by atoms with Gasteiger partial charge in [-0.25, -0.2) is 4.98 Å². The molecule has 3 rings (SSSR count). The van der Waals surface area contributed by atoms with E-state index in [1.807, 2.05) is 14.0 Å². The van der Waals surface area contributed by atoms with Crippen LogP contribution in [0.5, 0.6) is 0 Å². The predicted molar refractivity (Wildman–Crippen MR) is 93.0 cm³/mol. The molecule has 2 aromatic rings. The SMILES string of the molecule is Cc1oc(-c2cnn(C)c2)nc1C(=O)N[C@](C)(CO)C1CCCCC1. The predicted octanol–water partition coefficient (Wildman–Crippen LogP) is 2.44. The molecule has 0 unspecified atom stereocenters. The highest BCUT2D eigenvalue weighted by Gasteiger charge is 2.37. The zero-order valence-electron chi connectivity index (χ0n) is 15.1. The fourth-order valence-corrected chi connectivity index (χ4v) is 3.59. The van der Waals surface area contributed by atoms with E-state index in [9.17, 15) is 9.90 Å². The summed E-state index contributed by atoms with van der Waals surface area (Å²) in [6.45, 7) is 3.55. The van der Waals surface area contributed by atoms with Crippen LogP contribution in [0.15, 0.2) is 16.8 Å². The van der Waals surface area contributed by atoms with Crippen LogP contribution >= 0.6 is 0 Å². The van der Waals surface area contributed by atoms with Gasteiger partial charge in [-0.15, -0.1) is 0 Å². The molecule has 1 atom stereocenters. The lowest BCUT2D eigenvalue weighted by molar-refractivity contribution is 0.0675. The van der Waals surface area contributed by atoms with Crippen molar-refractivity contribution in [1.82, 2.24) is 20.1 Å². The minimum atomic E-state index is -0.642. The second kappa shape index (κ2) is 7.00. The van der Waals surface area contributed by atoms with Gasteiger partial charge in [0.25, 0.3) is 5.91 Å². The first-order valence-corrected chi connectivity index (χ1v) is 8.83. The van der Waals surface area contributed by atoms with E-state index in [4.69, 9.17) is 4.42 Å². The van der Waals surface area contributed by atoms with E-state index in [2.05, 4.69) is 15.4 Å². The van der Waals surface area contributed by atoms with Gasteiger partial charge in [0, 0.05) is 13.2 Å². The molecule has 136 valence electrons. The van der Waals surface area contributed by atoms with Crippen LogP contribution in [0.25, 0.3) is 11.5 Å². The van der Waals surface area contributed by atoms with Gasteiger partial charge in [0.1, 0.15) is 5.76 Å². The molecule has 7 nitrogen and oxygen atoms in total. The largest absolute Gasteiger partial charge is 0.440 e. The minimum Gasteiger partial charge on any atom is -0.440 e. The molecule has 0 saturated heterocycles. The Morgan fingerprint density at radius 2 is 2.16 bits per heavy atom. The number of oxazole rings is 1. The standard InChI is InChI=1S/C18H26N4O3/c1-12-15(20-17(25-12)13-9-19-22(3)10-13)16(24)21-18(2,11-23)14-7-5-4-6-8-14/h9-10,14,23H,4-8,11H2,1-3H3,(H,21,24)/t18-/m1/s1. The number of aliphatic hydroxyl groups is 1. The van der Waals surface area contributed by atoms with Crippen LogP contribution in [-0.2, 0) is 7.05 Å². The maximum absolute atomic E-state index is 12.8. The Balaban J connectivity index is 1.79. The van der Waals surface area contributed by atoms with Gasteiger partial charge in [0.15, 0.2) is 5.69 Å². The zero-order valence-corrected chi connectivity index (χ0v) is 15.1. The van der Waals surface area contributed by atoms with E-state index >= 15 is 0 Å². The molecule has 1 fully saturated rings. The lowest BCUT2D eigenvalue weighted by atomic mass is 9.76. The molecule has 0 aromatic carbocycles. The molecule has 1 aliphatic carbocycles. The van der Waals surface area contributed by atoms with Crippen molar-refractivity contribution in [3.05, 3.63) is 23.8 Å². The summed E-state index contributed by atoms with van der Waals surface area (Å²) in [6, 6.07) is 0. The molecule has 2 aromatic heterocycles. The summed E-state index contributed by atoms with van der Waals surface area (Å²) in [5.74, 6) is 0.804. The molecule has 2 N–H and O–H groups in total. The van der Waals surface area contributed by atoms with Crippen molar-refractivity contribution >= 4 is 5.91 Å². The quantitative estimate of drug-likeness (QED) is 0.867. The molecule has 0 bridgehead atoms. The maximum atomic E-state index is 12.8. The second-order valence-electron chi connectivity index (χ2n) is 7.19. The van der Waals surface area contributed by atoms with Gasteiger partial charge in [-0.05, 0) is 32.6 Å². The molecular formula is C18H26N4O3. The average molecular weight is 346 g/mol. The monoisotopic (exact) mass is 346 g/mol. The topological polar surface area (TPSA) is 93.2 Å². The van der Waals surface area contributed by atoms with Crippen molar-refractivity contribution in [2.45, 2.75) is 51.5 Å². The van der Waals surface area contributed by atoms with Crippen LogP contribution in [0, 0.1) is 12.8 Å². The van der Waals surface area contributed by atoms with Crippen molar-refractivity contribution in [1.29, 1.82) is 0 Å². The van der Waals surface area contributed by atoms with E-state index < -0.39 is 5.54 Å². The fraction of sp³-hybridized carbons (Fsp3) is 0.611. The number of hydrogen-bond acceptors (Lipinski definition) is 5. The average Bonchev–Trinajstić information content (AvgIpc) is 3.21. The van der Waals surface area contributed by atoms with Gasteiger partial charge in [0.05, 0.1) is 23.9 Å². The van der Waals surface area contributed by atoms with Crippen LogP contribution < -0.4 is 5.32 Å². The number of carbonyl (C=O) groups is 1. The number of rotatable bonds is 5. The molecule has 0 radical (unpaired) electrons. The normalized spacial score (nSPS) is 18.1. The van der Waals surface area contributed by atoms with Crippen molar-refractivity contribution in [2.24, 2.45) is 13.0 Å². The summed E-state index contributed by atoms with van der Waals surface area (Å²) in [5, 5.41) is 17.0. The number of amides is 1. The first-order chi connectivity index (χ1) is 11.9. The molecule has 0 spiro atoms. The second-order valence-corrected chi connectivity index (χ2v) is 7.19. The molecule has 7 heteroatoms. The lowest BCUT2D eigenvalue weighted by Gasteiger charge is -2.39. The number of carbonyl (C=O) groups excluding carboxylic acids is 1. The molecule has 2 heterocycles. The highest BCUT2D eigenvalue weighted by Crippen LogP contribution is 2.33. The molecule has 1 aliphatic rings. The van der Waals surface area contributed by atoms with E-state index in [-0.39, 0.29) is 24.1 Å². The van der Waals surface area contributed by atoms with Crippen molar-refractivity contribution in [2.75, 3.05) is 6.61 Å². The van der Waals surface area contributed by atoms with E-state index in [0.717, 1.165) is 31.2 Å². The number of aryl methyl sites for hydroxylation is 2. The maximum Gasteiger partial charge on any atom is 0.274 e. The summed E-state index contributed by atoms with van der Waals surface area (Å²) in [4.78, 5) is 17.1. The van der Waals surface area contributed by atoms with Gasteiger partial charge in [-0.1, -0.05) is 19.3 Å². The molecule has 1 amide bonds. The molecule has 0 aliphatic heterocycles. The third-order valence-electron chi connectivity index (χ3n) is 5.20. The van der Waals surface area contributed by atoms with Gasteiger partial charge < -0.3 is 14.8 Å². The summed E-state index contributed by atoms with van der Waals surface area (Å²) in [6.07, 6.45) is 8.99. The first-order valence-electron chi connectivity index (χ1n) is 8.83. The molecule has 25 heavy (non-hydrogen) atoms. The summed E-state index contributed by atoms with van der Waals surface area (Å²) in [7, 11) is 1.81. The Kier molecular flexibility index (Phi) is 4.94. The van der Waals surface area contributed by atoms with Crippen molar-refractivity contribution in [3.63, 3.8) is 0 Å². The number of hydrogen-bond donors (Lipinski definition) is 2. The highest BCUT2D eigenvalue weighted by molar-refractivity contribution is 5.94. The van der Waals surface area contributed by atoms with Gasteiger partial charge >= 0.3 is 0 Å². The van der Waals surface area contributed by atoms with E-state index in [1.54, 1.807) is 24.0 Å². The Morgan fingerprint density at radius 3 is 2.76 bits per heavy atom. The van der Waals surface area contributed by atoms with Crippen LogP contribution in [0.2, 0.25) is 0 Å². The Morgan fingerprint density at radius 1 is 1.44 bits per heavy atom. The molecule has 1 saturated carbocycles. The Hall–Kier alpha value is -2.15. The number of nitrogens with one attached hydrogen (secondary N) is 1. The van der Waals surface area contributed by atoms with Crippen LogP contribution in [0.1, 0.15) is 55.3 Å². The number of aromatic nitrogens is 3. The Bertz CT molecular complexity index is 745. The third-order valence-corrected chi connectivity index (χ3v) is 5.20. The highest BCUT2D eigenvalue weighted by atomic mass is 16.4. The van der Waals surface area contributed by atoms with Gasteiger partial charge in [-0.2, -0.15) is 5.10 Å². The van der Waals surface area contributed by atoms with E-state index in [0.29, 0.717) is 11.7 Å². The summed E-state index contributed by atoms with van der Waals surface area (Å²) < 4.78 is 7.29. The fourth-order valence-electron chi connectivity index (χ4n) is 3.59. The minimum absolute atomic E-state index is 0.0875. The van der Waals surface area contributed by atoms with Gasteiger partial charge in [0.2, 0.25) is 5.89 Å². The van der Waals surface area contributed by atoms with E-state index in [1.165, 1.54) is 6.42 Å². The van der Waals surface area contributed by atoms with Crippen LogP contribution in [-0.4, -0.2) is 37.9 Å². The number of aliphatic hydroxyl groups excluding tert-OH is 1. The summed E-state index contributed by atoms with van der Waals surface area (Å²) >= 11 is 0. The zero-order chi connectivity index (χ0) is 18.0. The smallest absolute Gasteiger partial charge is 0.274 e. The number of nitrogens with zero attached hydrogens (tertiary/aromatic N) is 3. The first kappa shape index (κ1) is 17.7. The Labute approximate surface area is 147 Å². The molecular weight excluding hydrogens is 320 g/mol. The summed E-state index contributed by atoms with van der Waals surface area (Å²) in [5.41, 5.74) is 0.341. The lowest BCUT2D eigenvalue weighted by Crippen LogP contribution is -2.54. The third kappa shape index (κ3) is 3.61. The van der Waals surface area contributed by atoms with Crippen LogP contribution in [0.3, 0.4) is 0 Å².